The Balaban J connectivity index is 2.91. The van der Waals surface area contributed by atoms with Gasteiger partial charge in [0, 0.05) is 5.92 Å². The predicted octanol–water partition coefficient (Wildman–Crippen LogP) is 2.38. The molecule has 0 atom stereocenters. The van der Waals surface area contributed by atoms with Crippen molar-refractivity contribution in [1.29, 1.82) is 0 Å². The molecule has 0 aliphatic heterocycles. The molecule has 0 radical (unpaired) electrons. The molecular weight excluding hydrogens is 225 g/mol. The summed E-state index contributed by atoms with van der Waals surface area (Å²) in [5.41, 5.74) is 0.259. The molecule has 1 aromatic heterocycles. The van der Waals surface area contributed by atoms with E-state index in [4.69, 9.17) is 23.2 Å². The van der Waals surface area contributed by atoms with Crippen molar-refractivity contribution in [3.8, 4) is 0 Å². The lowest BCUT2D eigenvalue weighted by molar-refractivity contribution is -0.118. The van der Waals surface area contributed by atoms with E-state index in [-0.39, 0.29) is 27.8 Å². The molecule has 1 aromatic rings. The minimum absolute atomic E-state index is 0.138. The average molecular weight is 234 g/mol. The van der Waals surface area contributed by atoms with Gasteiger partial charge in [0.1, 0.15) is 12.0 Å². The number of anilines is 1. The molecule has 0 fully saturated rings. The quantitative estimate of drug-likeness (QED) is 0.799. The van der Waals surface area contributed by atoms with Crippen LogP contribution in [0, 0.1) is 5.92 Å². The average Bonchev–Trinajstić information content (AvgIpc) is 2.11. The zero-order valence-corrected chi connectivity index (χ0v) is 9.23. The minimum atomic E-state index is -0.177. The number of carbonyl (C=O) groups is 1. The molecule has 1 rings (SSSR count). The summed E-state index contributed by atoms with van der Waals surface area (Å²) >= 11 is 11.5. The molecule has 0 unspecified atom stereocenters. The Morgan fingerprint density at radius 3 is 2.29 bits per heavy atom. The lowest BCUT2D eigenvalue weighted by Crippen LogP contribution is -2.18. The number of hydrogen-bond acceptors (Lipinski definition) is 3. The highest BCUT2D eigenvalue weighted by atomic mass is 35.5. The van der Waals surface area contributed by atoms with Crippen molar-refractivity contribution in [2.45, 2.75) is 13.8 Å². The first-order valence-corrected chi connectivity index (χ1v) is 4.75. The van der Waals surface area contributed by atoms with Gasteiger partial charge in [-0.25, -0.2) is 9.97 Å². The van der Waals surface area contributed by atoms with Crippen LogP contribution in [0.15, 0.2) is 6.33 Å². The molecule has 6 heteroatoms. The molecule has 14 heavy (non-hydrogen) atoms. The normalized spacial score (nSPS) is 10.4. The molecule has 1 N–H and O–H groups in total. The summed E-state index contributed by atoms with van der Waals surface area (Å²) in [6, 6.07) is 0. The second-order valence-corrected chi connectivity index (χ2v) is 3.69. The van der Waals surface area contributed by atoms with Crippen LogP contribution in [0.4, 0.5) is 5.69 Å². The van der Waals surface area contributed by atoms with E-state index in [9.17, 15) is 4.79 Å². The molecule has 0 aromatic carbocycles. The van der Waals surface area contributed by atoms with Gasteiger partial charge in [-0.15, -0.1) is 0 Å². The molecule has 76 valence electrons. The van der Waals surface area contributed by atoms with Crippen LogP contribution in [0.5, 0.6) is 0 Å². The Labute approximate surface area is 91.6 Å². The predicted molar refractivity (Wildman–Crippen MR) is 55.5 cm³/mol. The fraction of sp³-hybridized carbons (Fsp3) is 0.375. The largest absolute Gasteiger partial charge is 0.321 e. The molecule has 0 saturated carbocycles. The number of amides is 1. The van der Waals surface area contributed by atoms with E-state index in [1.165, 1.54) is 6.33 Å². The number of halogens is 2. The second-order valence-electron chi connectivity index (χ2n) is 2.97. The van der Waals surface area contributed by atoms with Gasteiger partial charge in [-0.3, -0.25) is 4.79 Å². The van der Waals surface area contributed by atoms with E-state index in [0.29, 0.717) is 0 Å². The molecule has 1 amide bonds. The number of nitrogens with zero attached hydrogens (tertiary/aromatic N) is 2. The number of rotatable bonds is 2. The van der Waals surface area contributed by atoms with Gasteiger partial charge in [0.15, 0.2) is 10.3 Å². The van der Waals surface area contributed by atoms with E-state index in [0.717, 1.165) is 0 Å². The summed E-state index contributed by atoms with van der Waals surface area (Å²) in [4.78, 5) is 18.7. The van der Waals surface area contributed by atoms with Gasteiger partial charge in [-0.05, 0) is 0 Å². The van der Waals surface area contributed by atoms with Crippen molar-refractivity contribution in [1.82, 2.24) is 9.97 Å². The van der Waals surface area contributed by atoms with Crippen LogP contribution < -0.4 is 5.32 Å². The van der Waals surface area contributed by atoms with Crippen molar-refractivity contribution < 1.29 is 4.79 Å². The monoisotopic (exact) mass is 233 g/mol. The third-order valence-corrected chi connectivity index (χ3v) is 2.10. The van der Waals surface area contributed by atoms with E-state index in [2.05, 4.69) is 15.3 Å². The van der Waals surface area contributed by atoms with Gasteiger partial charge < -0.3 is 5.32 Å². The summed E-state index contributed by atoms with van der Waals surface area (Å²) in [6.45, 7) is 3.53. The molecule has 0 aliphatic rings. The molecule has 0 saturated heterocycles. The summed E-state index contributed by atoms with van der Waals surface area (Å²) in [7, 11) is 0. The maximum atomic E-state index is 11.3. The van der Waals surface area contributed by atoms with Crippen LogP contribution in [-0.4, -0.2) is 15.9 Å². The van der Waals surface area contributed by atoms with Crippen LogP contribution >= 0.6 is 23.2 Å². The highest BCUT2D eigenvalue weighted by molar-refractivity contribution is 6.38. The third kappa shape index (κ3) is 2.56. The number of nitrogens with one attached hydrogen (secondary N) is 1. The fourth-order valence-corrected chi connectivity index (χ4v) is 1.12. The number of aromatic nitrogens is 2. The van der Waals surface area contributed by atoms with Gasteiger partial charge in [0.25, 0.3) is 0 Å². The summed E-state index contributed by atoms with van der Waals surface area (Å²) in [5, 5.41) is 2.83. The Kier molecular flexibility index (Phi) is 3.66. The minimum Gasteiger partial charge on any atom is -0.321 e. The van der Waals surface area contributed by atoms with E-state index in [1.807, 2.05) is 0 Å². The first kappa shape index (κ1) is 11.2. The fourth-order valence-electron chi connectivity index (χ4n) is 0.715. The molecular formula is C8H9Cl2N3O. The Bertz CT molecular complexity index is 334. The van der Waals surface area contributed by atoms with Crippen LogP contribution in [0.1, 0.15) is 13.8 Å². The summed E-state index contributed by atoms with van der Waals surface area (Å²) in [6.07, 6.45) is 1.23. The van der Waals surface area contributed by atoms with Crippen LogP contribution in [0.3, 0.4) is 0 Å². The Morgan fingerprint density at radius 1 is 1.36 bits per heavy atom. The lowest BCUT2D eigenvalue weighted by Gasteiger charge is -2.09. The van der Waals surface area contributed by atoms with E-state index in [1.54, 1.807) is 13.8 Å². The zero-order chi connectivity index (χ0) is 10.7. The number of carbonyl (C=O) groups excluding carboxylic acids is 1. The van der Waals surface area contributed by atoms with Gasteiger partial charge in [0.05, 0.1) is 0 Å². The third-order valence-electron chi connectivity index (χ3n) is 1.53. The summed E-state index contributed by atoms with van der Waals surface area (Å²) in [5.74, 6) is -0.328. The Morgan fingerprint density at radius 2 is 1.86 bits per heavy atom. The molecule has 0 bridgehead atoms. The molecule has 1 heterocycles. The van der Waals surface area contributed by atoms with Crippen LogP contribution in [-0.2, 0) is 4.79 Å². The first-order valence-electron chi connectivity index (χ1n) is 3.99. The van der Waals surface area contributed by atoms with Gasteiger partial charge in [-0.2, -0.15) is 0 Å². The van der Waals surface area contributed by atoms with E-state index < -0.39 is 0 Å². The topological polar surface area (TPSA) is 54.9 Å². The highest BCUT2D eigenvalue weighted by Gasteiger charge is 2.13. The Hall–Kier alpha value is -0.870. The van der Waals surface area contributed by atoms with Crippen molar-refractivity contribution in [3.05, 3.63) is 16.6 Å². The number of hydrogen-bond donors (Lipinski definition) is 1. The smallest absolute Gasteiger partial charge is 0.227 e. The summed E-state index contributed by atoms with van der Waals surface area (Å²) < 4.78 is 0. The van der Waals surface area contributed by atoms with Gasteiger partial charge in [0.2, 0.25) is 5.91 Å². The lowest BCUT2D eigenvalue weighted by atomic mass is 10.2. The van der Waals surface area contributed by atoms with Crippen molar-refractivity contribution in [2.75, 3.05) is 5.32 Å². The molecule has 0 aliphatic carbocycles. The maximum absolute atomic E-state index is 11.3. The maximum Gasteiger partial charge on any atom is 0.227 e. The zero-order valence-electron chi connectivity index (χ0n) is 7.71. The van der Waals surface area contributed by atoms with Crippen LogP contribution in [0.25, 0.3) is 0 Å². The van der Waals surface area contributed by atoms with E-state index >= 15 is 0 Å². The molecule has 4 nitrogen and oxygen atoms in total. The molecule has 0 spiro atoms. The second kappa shape index (κ2) is 4.57. The van der Waals surface area contributed by atoms with Gasteiger partial charge >= 0.3 is 0 Å². The SMILES string of the molecule is CC(C)C(=O)Nc1c(Cl)ncnc1Cl. The first-order chi connectivity index (χ1) is 6.52. The highest BCUT2D eigenvalue weighted by Crippen LogP contribution is 2.25. The van der Waals surface area contributed by atoms with Crippen molar-refractivity contribution >= 4 is 34.8 Å². The van der Waals surface area contributed by atoms with Crippen LogP contribution in [0.2, 0.25) is 10.3 Å². The van der Waals surface area contributed by atoms with Gasteiger partial charge in [-0.1, -0.05) is 37.0 Å². The van der Waals surface area contributed by atoms with Crippen molar-refractivity contribution in [2.24, 2.45) is 5.92 Å². The standard InChI is InChI=1S/C8H9Cl2N3O/c1-4(2)8(14)13-5-6(9)11-3-12-7(5)10/h3-4H,1-2H3,(H,13,14). The van der Waals surface area contributed by atoms with Crippen molar-refractivity contribution in [3.63, 3.8) is 0 Å².